The average Bonchev–Trinajstić information content (AvgIpc) is 2.64. The van der Waals surface area contributed by atoms with E-state index in [0.29, 0.717) is 12.0 Å². The Balaban J connectivity index is 1.77. The second kappa shape index (κ2) is 4.13. The Bertz CT molecular complexity index is 204. The fraction of sp³-hybridized carbons (Fsp3) is 0.889. The molecule has 1 aliphatic heterocycles. The minimum atomic E-state index is 0.174. The first-order valence-electron chi connectivity index (χ1n) is 4.81. The van der Waals surface area contributed by atoms with Crippen LogP contribution in [-0.4, -0.2) is 28.0 Å². The molecular weight excluding hydrogens is 202 g/mol. The van der Waals surface area contributed by atoms with Crippen molar-refractivity contribution in [3.8, 4) is 0 Å². The molecule has 74 valence electrons. The van der Waals surface area contributed by atoms with Crippen LogP contribution in [0, 0.1) is 5.92 Å². The van der Waals surface area contributed by atoms with Gasteiger partial charge in [0.15, 0.2) is 0 Å². The third-order valence-electron chi connectivity index (χ3n) is 2.78. The van der Waals surface area contributed by atoms with Gasteiger partial charge in [-0.1, -0.05) is 6.92 Å². The Hall–Kier alpha value is 0.170. The van der Waals surface area contributed by atoms with Gasteiger partial charge in [0.1, 0.15) is 4.58 Å². The van der Waals surface area contributed by atoms with Gasteiger partial charge in [0, 0.05) is 17.5 Å². The topological polar surface area (TPSA) is 29.1 Å². The van der Waals surface area contributed by atoms with Crippen molar-refractivity contribution in [2.45, 2.75) is 30.4 Å². The molecule has 4 heteroatoms. The summed E-state index contributed by atoms with van der Waals surface area (Å²) in [6.07, 6.45) is 2.45. The van der Waals surface area contributed by atoms with Crippen molar-refractivity contribution < 1.29 is 4.79 Å². The van der Waals surface area contributed by atoms with Crippen LogP contribution in [0.2, 0.25) is 0 Å². The van der Waals surface area contributed by atoms with Gasteiger partial charge in [-0.05, 0) is 18.8 Å². The third-order valence-corrected chi connectivity index (χ3v) is 5.77. The molecule has 2 rings (SSSR count). The van der Waals surface area contributed by atoms with Crippen LogP contribution in [0.25, 0.3) is 0 Å². The van der Waals surface area contributed by atoms with E-state index in [9.17, 15) is 4.79 Å². The number of thioether (sulfide) groups is 2. The van der Waals surface area contributed by atoms with Crippen LogP contribution in [0.1, 0.15) is 19.8 Å². The lowest BCUT2D eigenvalue weighted by molar-refractivity contribution is -0.120. The van der Waals surface area contributed by atoms with E-state index >= 15 is 0 Å². The molecule has 2 aliphatic rings. The van der Waals surface area contributed by atoms with Crippen molar-refractivity contribution in [3.05, 3.63) is 0 Å². The van der Waals surface area contributed by atoms with Crippen molar-refractivity contribution in [1.29, 1.82) is 0 Å². The highest BCUT2D eigenvalue weighted by Crippen LogP contribution is 2.33. The van der Waals surface area contributed by atoms with Crippen molar-refractivity contribution in [1.82, 2.24) is 5.32 Å². The number of hydrogen-bond acceptors (Lipinski definition) is 3. The highest BCUT2D eigenvalue weighted by atomic mass is 32.2. The predicted molar refractivity (Wildman–Crippen MR) is 59.0 cm³/mol. The number of carbonyl (C=O) groups is 1. The van der Waals surface area contributed by atoms with Gasteiger partial charge in [-0.15, -0.1) is 23.5 Å². The summed E-state index contributed by atoms with van der Waals surface area (Å²) in [7, 11) is 0. The lowest BCUT2D eigenvalue weighted by Crippen LogP contribution is -2.47. The van der Waals surface area contributed by atoms with Crippen molar-refractivity contribution in [2.75, 3.05) is 11.5 Å². The molecule has 2 atom stereocenters. The van der Waals surface area contributed by atoms with E-state index in [0.717, 1.165) is 11.5 Å². The van der Waals surface area contributed by atoms with E-state index in [1.54, 1.807) is 23.5 Å². The molecule has 0 radical (unpaired) electrons. The maximum atomic E-state index is 11.6. The number of rotatable bonds is 2. The van der Waals surface area contributed by atoms with Crippen molar-refractivity contribution in [3.63, 3.8) is 0 Å². The molecule has 2 fully saturated rings. The molecule has 13 heavy (non-hydrogen) atoms. The largest absolute Gasteiger partial charge is 0.351 e. The third kappa shape index (κ3) is 2.15. The van der Waals surface area contributed by atoms with E-state index in [-0.39, 0.29) is 10.5 Å². The second-order valence-electron chi connectivity index (χ2n) is 3.74. The van der Waals surface area contributed by atoms with Gasteiger partial charge >= 0.3 is 0 Å². The molecular formula is C9H15NOS2. The monoisotopic (exact) mass is 217 g/mol. The van der Waals surface area contributed by atoms with Crippen LogP contribution < -0.4 is 5.32 Å². The molecule has 1 aliphatic carbocycles. The predicted octanol–water partition coefficient (Wildman–Crippen LogP) is 1.71. The zero-order valence-corrected chi connectivity index (χ0v) is 9.42. The Kier molecular flexibility index (Phi) is 3.09. The van der Waals surface area contributed by atoms with Gasteiger partial charge in [-0.25, -0.2) is 0 Å². The standard InChI is InChI=1S/C9H15NOS2/c1-6-2-3-7(6)10-8(11)9-12-4-5-13-9/h6-7,9H,2-5H2,1H3,(H,10,11). The van der Waals surface area contributed by atoms with Gasteiger partial charge < -0.3 is 5.32 Å². The summed E-state index contributed by atoms with van der Waals surface area (Å²) >= 11 is 3.56. The number of carbonyl (C=O) groups excluding carboxylic acids is 1. The Labute approximate surface area is 87.6 Å². The summed E-state index contributed by atoms with van der Waals surface area (Å²) in [6.45, 7) is 2.21. The molecule has 1 N–H and O–H groups in total. The van der Waals surface area contributed by atoms with Crippen LogP contribution >= 0.6 is 23.5 Å². The fourth-order valence-corrected chi connectivity index (χ4v) is 4.24. The van der Waals surface area contributed by atoms with Crippen molar-refractivity contribution in [2.24, 2.45) is 5.92 Å². The lowest BCUT2D eigenvalue weighted by atomic mass is 9.81. The maximum Gasteiger partial charge on any atom is 0.243 e. The first-order chi connectivity index (χ1) is 6.27. The van der Waals surface area contributed by atoms with E-state index < -0.39 is 0 Å². The number of nitrogens with one attached hydrogen (secondary N) is 1. The summed E-state index contributed by atoms with van der Waals surface area (Å²) in [4.78, 5) is 11.6. The molecule has 1 heterocycles. The molecule has 0 bridgehead atoms. The quantitative estimate of drug-likeness (QED) is 0.763. The molecule has 1 saturated heterocycles. The van der Waals surface area contributed by atoms with E-state index in [2.05, 4.69) is 12.2 Å². The fourth-order valence-electron chi connectivity index (χ4n) is 1.64. The lowest BCUT2D eigenvalue weighted by Gasteiger charge is -2.34. The second-order valence-corrected chi connectivity index (χ2v) is 6.47. The minimum absolute atomic E-state index is 0.174. The number of hydrogen-bond donors (Lipinski definition) is 1. The van der Waals surface area contributed by atoms with Crippen LogP contribution in [0.15, 0.2) is 0 Å². The summed E-state index contributed by atoms with van der Waals surface area (Å²) < 4.78 is 0.174. The van der Waals surface area contributed by atoms with Crippen LogP contribution in [0.4, 0.5) is 0 Å². The average molecular weight is 217 g/mol. The SMILES string of the molecule is CC1CCC1NC(=O)C1SCCS1. The van der Waals surface area contributed by atoms with E-state index in [4.69, 9.17) is 0 Å². The van der Waals surface area contributed by atoms with Gasteiger partial charge in [0.2, 0.25) is 5.91 Å². The van der Waals surface area contributed by atoms with Crippen LogP contribution in [0.3, 0.4) is 0 Å². The van der Waals surface area contributed by atoms with Gasteiger partial charge in [0.25, 0.3) is 0 Å². The summed E-state index contributed by atoms with van der Waals surface area (Å²) in [5.41, 5.74) is 0. The first kappa shape index (κ1) is 9.71. The molecule has 0 spiro atoms. The van der Waals surface area contributed by atoms with Gasteiger partial charge in [-0.2, -0.15) is 0 Å². The van der Waals surface area contributed by atoms with Gasteiger partial charge in [-0.3, -0.25) is 4.79 Å². The minimum Gasteiger partial charge on any atom is -0.351 e. The van der Waals surface area contributed by atoms with E-state index in [1.807, 2.05) is 0 Å². The Morgan fingerprint density at radius 1 is 1.31 bits per heavy atom. The molecule has 1 saturated carbocycles. The van der Waals surface area contributed by atoms with Crippen LogP contribution in [-0.2, 0) is 4.79 Å². The summed E-state index contributed by atoms with van der Waals surface area (Å²) in [5.74, 6) is 3.20. The van der Waals surface area contributed by atoms with Crippen LogP contribution in [0.5, 0.6) is 0 Å². The molecule has 0 aromatic heterocycles. The zero-order valence-electron chi connectivity index (χ0n) is 7.79. The molecule has 0 aromatic rings. The normalized spacial score (nSPS) is 34.2. The summed E-state index contributed by atoms with van der Waals surface area (Å²) in [5, 5.41) is 3.13. The Morgan fingerprint density at radius 3 is 2.46 bits per heavy atom. The Morgan fingerprint density at radius 2 is 2.00 bits per heavy atom. The van der Waals surface area contributed by atoms with E-state index in [1.165, 1.54) is 12.8 Å². The highest BCUT2D eigenvalue weighted by Gasteiger charge is 2.31. The summed E-state index contributed by atoms with van der Waals surface area (Å²) in [6, 6.07) is 0.467. The van der Waals surface area contributed by atoms with Gasteiger partial charge in [0.05, 0.1) is 0 Å². The first-order valence-corrected chi connectivity index (χ1v) is 6.90. The highest BCUT2D eigenvalue weighted by molar-refractivity contribution is 8.21. The molecule has 2 nitrogen and oxygen atoms in total. The van der Waals surface area contributed by atoms with Crippen molar-refractivity contribution >= 4 is 29.4 Å². The smallest absolute Gasteiger partial charge is 0.243 e. The molecule has 1 amide bonds. The molecule has 2 unspecified atom stereocenters. The zero-order chi connectivity index (χ0) is 9.26. The number of amides is 1. The molecule has 0 aromatic carbocycles. The maximum absolute atomic E-state index is 11.6.